The molecule has 2 N–H and O–H groups in total. The molecule has 11 heavy (non-hydrogen) atoms. The molecule has 0 spiro atoms. The molecule has 1 saturated carbocycles. The van der Waals surface area contributed by atoms with Crippen LogP contribution < -0.4 is 5.73 Å². The lowest BCUT2D eigenvalue weighted by molar-refractivity contribution is 0.392. The van der Waals surface area contributed by atoms with E-state index in [1.165, 1.54) is 31.4 Å². The van der Waals surface area contributed by atoms with E-state index in [2.05, 4.69) is 6.92 Å². The Bertz CT molecular complexity index is 108. The van der Waals surface area contributed by atoms with Crippen LogP contribution >= 0.6 is 11.8 Å². The highest BCUT2D eigenvalue weighted by atomic mass is 32.2. The van der Waals surface area contributed by atoms with Gasteiger partial charge in [-0.1, -0.05) is 19.8 Å². The van der Waals surface area contributed by atoms with Crippen molar-refractivity contribution in [1.29, 1.82) is 0 Å². The van der Waals surface area contributed by atoms with Gasteiger partial charge in [0.15, 0.2) is 0 Å². The van der Waals surface area contributed by atoms with E-state index in [0.717, 1.165) is 12.3 Å². The van der Waals surface area contributed by atoms with E-state index in [1.807, 2.05) is 11.8 Å². The summed E-state index contributed by atoms with van der Waals surface area (Å²) in [6.45, 7) is 3.25. The highest BCUT2D eigenvalue weighted by molar-refractivity contribution is 7.99. The van der Waals surface area contributed by atoms with Crippen molar-refractivity contribution >= 4 is 11.8 Å². The molecule has 0 aromatic rings. The van der Waals surface area contributed by atoms with Crippen molar-refractivity contribution in [3.63, 3.8) is 0 Å². The summed E-state index contributed by atoms with van der Waals surface area (Å²) in [5.41, 5.74) is 6.09. The van der Waals surface area contributed by atoms with E-state index in [4.69, 9.17) is 5.73 Å². The molecule has 1 nitrogen and oxygen atoms in total. The van der Waals surface area contributed by atoms with Gasteiger partial charge in [0.2, 0.25) is 0 Å². The van der Waals surface area contributed by atoms with Gasteiger partial charge in [-0.3, -0.25) is 0 Å². The first-order valence-electron chi connectivity index (χ1n) is 4.55. The number of hydrogen-bond acceptors (Lipinski definition) is 2. The summed E-state index contributed by atoms with van der Waals surface area (Å²) in [5.74, 6) is 2.46. The number of hydrogen-bond donors (Lipinski definition) is 1. The fourth-order valence-corrected chi connectivity index (χ4v) is 2.87. The largest absolute Gasteiger partial charge is 0.330 e. The van der Waals surface area contributed by atoms with Crippen LogP contribution in [0.3, 0.4) is 0 Å². The molecular formula is C9H19NS. The Hall–Kier alpha value is 0.310. The molecule has 1 aliphatic rings. The first-order valence-corrected chi connectivity index (χ1v) is 5.70. The molecule has 0 heterocycles. The van der Waals surface area contributed by atoms with Gasteiger partial charge in [-0.25, -0.2) is 0 Å². The molecule has 1 aliphatic carbocycles. The van der Waals surface area contributed by atoms with Crippen LogP contribution in [0.25, 0.3) is 0 Å². The fraction of sp³-hybridized carbons (Fsp3) is 1.00. The van der Waals surface area contributed by atoms with Crippen LogP contribution in [0, 0.1) is 5.41 Å². The van der Waals surface area contributed by atoms with Crippen LogP contribution in [0.2, 0.25) is 0 Å². The van der Waals surface area contributed by atoms with E-state index >= 15 is 0 Å². The Morgan fingerprint density at radius 1 is 1.36 bits per heavy atom. The molecule has 0 saturated heterocycles. The maximum atomic E-state index is 5.44. The van der Waals surface area contributed by atoms with Gasteiger partial charge in [-0.15, -0.1) is 0 Å². The summed E-state index contributed by atoms with van der Waals surface area (Å²) in [5, 5.41) is 0. The average Bonchev–Trinajstić information content (AvgIpc) is 2.38. The van der Waals surface area contributed by atoms with Crippen molar-refractivity contribution in [1.82, 2.24) is 0 Å². The second-order valence-corrected chi connectivity index (χ2v) is 4.96. The minimum absolute atomic E-state index is 0.653. The molecule has 0 aromatic heterocycles. The molecule has 66 valence electrons. The minimum atomic E-state index is 0.653. The van der Waals surface area contributed by atoms with E-state index in [-0.39, 0.29) is 0 Å². The zero-order valence-corrected chi connectivity index (χ0v) is 8.25. The standard InChI is InChI=1S/C9H19NS/c1-9(4-2-3-5-9)8-11-7-6-10/h2-8,10H2,1H3. The lowest BCUT2D eigenvalue weighted by atomic mass is 9.92. The van der Waals surface area contributed by atoms with Crippen molar-refractivity contribution in [3.8, 4) is 0 Å². The average molecular weight is 173 g/mol. The van der Waals surface area contributed by atoms with E-state index < -0.39 is 0 Å². The van der Waals surface area contributed by atoms with E-state index in [0.29, 0.717) is 5.41 Å². The molecule has 2 heteroatoms. The summed E-state index contributed by atoms with van der Waals surface area (Å²) < 4.78 is 0. The maximum Gasteiger partial charge on any atom is 0.00560 e. The predicted octanol–water partition coefficient (Wildman–Crippen LogP) is 2.26. The first kappa shape index (κ1) is 9.40. The summed E-state index contributed by atoms with van der Waals surface area (Å²) in [4.78, 5) is 0. The topological polar surface area (TPSA) is 26.0 Å². The van der Waals surface area contributed by atoms with E-state index in [1.54, 1.807) is 0 Å². The Morgan fingerprint density at radius 3 is 2.55 bits per heavy atom. The van der Waals surface area contributed by atoms with Crippen molar-refractivity contribution in [3.05, 3.63) is 0 Å². The monoisotopic (exact) mass is 173 g/mol. The number of nitrogens with two attached hydrogens (primary N) is 1. The molecular weight excluding hydrogens is 154 g/mol. The third-order valence-electron chi connectivity index (χ3n) is 2.52. The quantitative estimate of drug-likeness (QED) is 0.660. The molecule has 1 rings (SSSR count). The first-order chi connectivity index (χ1) is 5.27. The van der Waals surface area contributed by atoms with Gasteiger partial charge in [0, 0.05) is 12.3 Å². The molecule has 0 amide bonds. The minimum Gasteiger partial charge on any atom is -0.330 e. The second-order valence-electron chi connectivity index (χ2n) is 3.86. The summed E-state index contributed by atoms with van der Waals surface area (Å²) in [6.07, 6.45) is 5.76. The Kier molecular flexibility index (Phi) is 3.73. The number of rotatable bonds is 4. The van der Waals surface area contributed by atoms with Crippen LogP contribution in [0.4, 0.5) is 0 Å². The van der Waals surface area contributed by atoms with Gasteiger partial charge in [0.25, 0.3) is 0 Å². The van der Waals surface area contributed by atoms with Crippen LogP contribution in [0.1, 0.15) is 32.6 Å². The van der Waals surface area contributed by atoms with Gasteiger partial charge in [0.1, 0.15) is 0 Å². The Morgan fingerprint density at radius 2 is 2.00 bits per heavy atom. The predicted molar refractivity (Wildman–Crippen MR) is 53.0 cm³/mol. The number of thioether (sulfide) groups is 1. The molecule has 0 atom stereocenters. The maximum absolute atomic E-state index is 5.44. The van der Waals surface area contributed by atoms with Gasteiger partial charge in [-0.2, -0.15) is 11.8 Å². The zero-order chi connectivity index (χ0) is 8.16. The highest BCUT2D eigenvalue weighted by Gasteiger charge is 2.27. The van der Waals surface area contributed by atoms with Crippen LogP contribution in [0.5, 0.6) is 0 Å². The van der Waals surface area contributed by atoms with Crippen molar-refractivity contribution in [2.24, 2.45) is 11.1 Å². The van der Waals surface area contributed by atoms with Gasteiger partial charge in [0.05, 0.1) is 0 Å². The Balaban J connectivity index is 2.13. The molecule has 0 aliphatic heterocycles. The SMILES string of the molecule is CC1(CSCCN)CCCC1. The van der Waals surface area contributed by atoms with Crippen LogP contribution in [-0.4, -0.2) is 18.1 Å². The van der Waals surface area contributed by atoms with Crippen molar-refractivity contribution in [2.45, 2.75) is 32.6 Å². The van der Waals surface area contributed by atoms with Crippen molar-refractivity contribution < 1.29 is 0 Å². The lowest BCUT2D eigenvalue weighted by Crippen LogP contribution is -2.15. The second kappa shape index (κ2) is 4.36. The normalized spacial score (nSPS) is 22.4. The zero-order valence-electron chi connectivity index (χ0n) is 7.44. The molecule has 0 aromatic carbocycles. The molecule has 0 unspecified atom stereocenters. The van der Waals surface area contributed by atoms with Gasteiger partial charge >= 0.3 is 0 Å². The smallest absolute Gasteiger partial charge is 0.00560 e. The van der Waals surface area contributed by atoms with E-state index in [9.17, 15) is 0 Å². The van der Waals surface area contributed by atoms with Crippen molar-refractivity contribution in [2.75, 3.05) is 18.1 Å². The molecule has 0 bridgehead atoms. The molecule has 0 radical (unpaired) electrons. The lowest BCUT2D eigenvalue weighted by Gasteiger charge is -2.22. The summed E-state index contributed by atoms with van der Waals surface area (Å²) in [7, 11) is 0. The highest BCUT2D eigenvalue weighted by Crippen LogP contribution is 2.39. The summed E-state index contributed by atoms with van der Waals surface area (Å²) in [6, 6.07) is 0. The van der Waals surface area contributed by atoms with Gasteiger partial charge < -0.3 is 5.73 Å². The molecule has 1 fully saturated rings. The van der Waals surface area contributed by atoms with Crippen LogP contribution in [-0.2, 0) is 0 Å². The van der Waals surface area contributed by atoms with Crippen LogP contribution in [0.15, 0.2) is 0 Å². The third kappa shape index (κ3) is 3.04. The fourth-order valence-electron chi connectivity index (χ4n) is 1.77. The third-order valence-corrected chi connectivity index (χ3v) is 3.95. The summed E-state index contributed by atoms with van der Waals surface area (Å²) >= 11 is 2.02. The van der Waals surface area contributed by atoms with Gasteiger partial charge in [-0.05, 0) is 24.0 Å². The Labute approximate surface area is 74.1 Å².